The van der Waals surface area contributed by atoms with E-state index in [1.54, 1.807) is 25.3 Å². The van der Waals surface area contributed by atoms with E-state index in [9.17, 15) is 19.8 Å². The van der Waals surface area contributed by atoms with Gasteiger partial charge in [0.1, 0.15) is 16.4 Å². The first-order valence-corrected chi connectivity index (χ1v) is 12.8. The van der Waals surface area contributed by atoms with Crippen LogP contribution in [0, 0.1) is 0 Å². The Morgan fingerprint density at radius 1 is 1.06 bits per heavy atom. The lowest BCUT2D eigenvalue weighted by molar-refractivity contribution is -0.126. The van der Waals surface area contributed by atoms with Gasteiger partial charge >= 0.3 is 0 Å². The monoisotopic (exact) mass is 506 g/mol. The minimum atomic E-state index is -1.18. The number of allylic oxidation sites excluding steroid dienone is 1. The van der Waals surface area contributed by atoms with Crippen molar-refractivity contribution in [2.75, 3.05) is 43.9 Å². The van der Waals surface area contributed by atoms with Crippen LogP contribution in [0.2, 0.25) is 0 Å². The molecule has 0 spiro atoms. The van der Waals surface area contributed by atoms with Crippen LogP contribution >= 0.6 is 11.8 Å². The lowest BCUT2D eigenvalue weighted by Crippen LogP contribution is -2.48. The molecule has 1 atom stereocenters. The Morgan fingerprint density at radius 3 is 2.36 bits per heavy atom. The molecule has 0 bridgehead atoms. The third kappa shape index (κ3) is 6.59. The van der Waals surface area contributed by atoms with E-state index >= 15 is 0 Å². The maximum absolute atomic E-state index is 12.6. The summed E-state index contributed by atoms with van der Waals surface area (Å²) in [7, 11) is 1.62. The number of carbonyl (C=O) groups is 2. The molecule has 36 heavy (non-hydrogen) atoms. The van der Waals surface area contributed by atoms with Crippen LogP contribution in [-0.4, -0.2) is 70.8 Å². The highest BCUT2D eigenvalue weighted by molar-refractivity contribution is 8.01. The SMILES string of the molecule is COc1ccc(C=CC(=O)N2CCN(c3ccc(C(=O)CSC4(O)C=CC(O)=CC4)cc3)CC2)cc1. The Bertz CT molecular complexity index is 1170. The van der Waals surface area contributed by atoms with Crippen molar-refractivity contribution >= 4 is 35.2 Å². The fourth-order valence-electron chi connectivity index (χ4n) is 4.01. The first-order valence-electron chi connectivity index (χ1n) is 11.8. The van der Waals surface area contributed by atoms with Crippen molar-refractivity contribution in [3.05, 3.63) is 89.7 Å². The van der Waals surface area contributed by atoms with Gasteiger partial charge in [-0.15, -0.1) is 11.8 Å². The van der Waals surface area contributed by atoms with Crippen LogP contribution in [-0.2, 0) is 4.79 Å². The summed E-state index contributed by atoms with van der Waals surface area (Å²) in [6.07, 6.45) is 8.18. The average molecular weight is 507 g/mol. The number of piperazine rings is 1. The van der Waals surface area contributed by atoms with E-state index in [0.29, 0.717) is 31.7 Å². The normalized spacial score (nSPS) is 19.9. The van der Waals surface area contributed by atoms with Crippen molar-refractivity contribution in [2.24, 2.45) is 0 Å². The molecule has 2 aromatic carbocycles. The van der Waals surface area contributed by atoms with Crippen LogP contribution in [0.15, 0.2) is 78.6 Å². The first kappa shape index (κ1) is 25.6. The van der Waals surface area contributed by atoms with Crippen molar-refractivity contribution in [1.82, 2.24) is 4.90 Å². The predicted octanol–water partition coefficient (Wildman–Crippen LogP) is 4.06. The summed E-state index contributed by atoms with van der Waals surface area (Å²) in [6.45, 7) is 2.67. The van der Waals surface area contributed by atoms with Crippen LogP contribution in [0.3, 0.4) is 0 Å². The number of benzene rings is 2. The van der Waals surface area contributed by atoms with E-state index in [1.165, 1.54) is 18.2 Å². The molecule has 7 nitrogen and oxygen atoms in total. The van der Waals surface area contributed by atoms with E-state index in [-0.39, 0.29) is 29.6 Å². The van der Waals surface area contributed by atoms with Gasteiger partial charge in [0, 0.05) is 49.9 Å². The number of Topliss-reactive ketones (excluding diaryl/α,β-unsaturated/α-hetero) is 1. The van der Waals surface area contributed by atoms with Gasteiger partial charge in [-0.3, -0.25) is 9.59 Å². The zero-order valence-corrected chi connectivity index (χ0v) is 21.0. The van der Waals surface area contributed by atoms with E-state index in [0.717, 1.165) is 28.8 Å². The number of aliphatic hydroxyl groups is 2. The molecule has 8 heteroatoms. The molecule has 2 aromatic rings. The Hall–Kier alpha value is -3.49. The summed E-state index contributed by atoms with van der Waals surface area (Å²) >= 11 is 1.15. The van der Waals surface area contributed by atoms with Crippen LogP contribution in [0.5, 0.6) is 5.75 Å². The predicted molar refractivity (Wildman–Crippen MR) is 143 cm³/mol. The average Bonchev–Trinajstić information content (AvgIpc) is 2.93. The van der Waals surface area contributed by atoms with Gasteiger partial charge in [-0.2, -0.15) is 0 Å². The third-order valence-corrected chi connectivity index (χ3v) is 7.46. The van der Waals surface area contributed by atoms with Crippen molar-refractivity contribution in [2.45, 2.75) is 11.4 Å². The quantitative estimate of drug-likeness (QED) is 0.317. The number of methoxy groups -OCH3 is 1. The molecule has 0 saturated carbocycles. The van der Waals surface area contributed by atoms with Crippen molar-refractivity contribution < 1.29 is 24.5 Å². The summed E-state index contributed by atoms with van der Waals surface area (Å²) in [5.74, 6) is 0.966. The number of nitrogens with zero attached hydrogens (tertiary/aromatic N) is 2. The van der Waals surface area contributed by atoms with Gasteiger partial charge in [-0.1, -0.05) is 12.1 Å². The van der Waals surface area contributed by atoms with E-state index < -0.39 is 4.93 Å². The molecule has 1 aliphatic heterocycles. The van der Waals surface area contributed by atoms with Crippen LogP contribution in [0.4, 0.5) is 5.69 Å². The molecule has 1 heterocycles. The highest BCUT2D eigenvalue weighted by Gasteiger charge is 2.27. The van der Waals surface area contributed by atoms with Gasteiger partial charge < -0.3 is 24.7 Å². The zero-order valence-electron chi connectivity index (χ0n) is 20.2. The summed E-state index contributed by atoms with van der Waals surface area (Å²) in [6, 6.07) is 15.0. The maximum Gasteiger partial charge on any atom is 0.246 e. The molecular weight excluding hydrogens is 476 g/mol. The highest BCUT2D eigenvalue weighted by Crippen LogP contribution is 2.32. The van der Waals surface area contributed by atoms with Gasteiger partial charge in [0.15, 0.2) is 5.78 Å². The summed E-state index contributed by atoms with van der Waals surface area (Å²) in [5, 5.41) is 19.9. The minimum absolute atomic E-state index is 0.0101. The summed E-state index contributed by atoms with van der Waals surface area (Å²) < 4.78 is 5.15. The number of ketones is 1. The molecule has 0 radical (unpaired) electrons. The van der Waals surface area contributed by atoms with E-state index in [1.807, 2.05) is 47.4 Å². The standard InChI is InChI=1S/C28H30N2O5S/c1-35-25-9-2-21(3-10-25)4-11-27(33)30-18-16-29(17-19-30)23-7-5-22(6-8-23)26(32)20-36-28(34)14-12-24(31)13-15-28/h2-14,31,34H,15-20H2,1H3. The molecule has 1 unspecified atom stereocenters. The lowest BCUT2D eigenvalue weighted by atomic mass is 10.1. The molecule has 188 valence electrons. The maximum atomic E-state index is 12.6. The minimum Gasteiger partial charge on any atom is -0.508 e. The van der Waals surface area contributed by atoms with E-state index in [4.69, 9.17) is 4.74 Å². The second-order valence-electron chi connectivity index (χ2n) is 8.69. The Kier molecular flexibility index (Phi) is 8.18. The van der Waals surface area contributed by atoms with Crippen molar-refractivity contribution in [3.8, 4) is 5.75 Å². The Labute approximate surface area is 215 Å². The number of rotatable bonds is 8. The topological polar surface area (TPSA) is 90.3 Å². The number of hydrogen-bond donors (Lipinski definition) is 2. The first-order chi connectivity index (χ1) is 17.3. The second-order valence-corrected chi connectivity index (χ2v) is 9.97. The number of hydrogen-bond acceptors (Lipinski definition) is 7. The summed E-state index contributed by atoms with van der Waals surface area (Å²) in [4.78, 5) is 28.1. The van der Waals surface area contributed by atoms with Gasteiger partial charge in [-0.25, -0.2) is 0 Å². The number of thioether (sulfide) groups is 1. The molecule has 1 saturated heterocycles. The number of amides is 1. The van der Waals surface area contributed by atoms with Gasteiger partial charge in [-0.05, 0) is 66.3 Å². The summed E-state index contributed by atoms with van der Waals surface area (Å²) in [5.41, 5.74) is 2.54. The lowest BCUT2D eigenvalue weighted by Gasteiger charge is -2.35. The highest BCUT2D eigenvalue weighted by atomic mass is 32.2. The fourth-order valence-corrected chi connectivity index (χ4v) is 4.93. The number of ether oxygens (including phenoxy) is 1. The molecule has 1 fully saturated rings. The van der Waals surface area contributed by atoms with Gasteiger partial charge in [0.05, 0.1) is 12.9 Å². The number of anilines is 1. The van der Waals surface area contributed by atoms with Gasteiger partial charge in [0.2, 0.25) is 5.91 Å². The molecule has 1 amide bonds. The van der Waals surface area contributed by atoms with Crippen molar-refractivity contribution in [3.63, 3.8) is 0 Å². The molecule has 0 aromatic heterocycles. The second kappa shape index (κ2) is 11.5. The molecular formula is C28H30N2O5S. The van der Waals surface area contributed by atoms with Gasteiger partial charge in [0.25, 0.3) is 0 Å². The van der Waals surface area contributed by atoms with Crippen LogP contribution in [0.25, 0.3) is 6.08 Å². The molecule has 1 aliphatic carbocycles. The largest absolute Gasteiger partial charge is 0.508 e. The number of aliphatic hydroxyl groups excluding tert-OH is 1. The molecule has 2 aliphatic rings. The molecule has 2 N–H and O–H groups in total. The number of carbonyl (C=O) groups excluding carboxylic acids is 2. The van der Waals surface area contributed by atoms with E-state index in [2.05, 4.69) is 4.90 Å². The van der Waals surface area contributed by atoms with Crippen molar-refractivity contribution in [1.29, 1.82) is 0 Å². The van der Waals surface area contributed by atoms with Crippen LogP contribution < -0.4 is 9.64 Å². The Balaban J connectivity index is 1.25. The Morgan fingerprint density at radius 2 is 1.75 bits per heavy atom. The smallest absolute Gasteiger partial charge is 0.246 e. The third-order valence-electron chi connectivity index (χ3n) is 6.25. The fraction of sp³-hybridized carbons (Fsp3) is 0.286. The molecule has 4 rings (SSSR count). The van der Waals surface area contributed by atoms with Crippen LogP contribution in [0.1, 0.15) is 22.3 Å². The zero-order chi connectivity index (χ0) is 25.5.